The molecule has 0 saturated heterocycles. The SMILES string of the molecule is Cc1cc(Oc2nc(N)ncc2Cl)c(F)cc1[N+](=O)[O-]. The van der Waals surface area contributed by atoms with Crippen LogP contribution in [-0.2, 0) is 0 Å². The van der Waals surface area contributed by atoms with Crippen molar-refractivity contribution >= 4 is 23.2 Å². The molecule has 0 aliphatic carbocycles. The third-order valence-corrected chi connectivity index (χ3v) is 2.64. The Morgan fingerprint density at radius 1 is 1.50 bits per heavy atom. The van der Waals surface area contributed by atoms with Gasteiger partial charge in [0.25, 0.3) is 5.69 Å². The maximum Gasteiger partial charge on any atom is 0.275 e. The van der Waals surface area contributed by atoms with Crippen LogP contribution >= 0.6 is 11.6 Å². The van der Waals surface area contributed by atoms with Gasteiger partial charge in [0, 0.05) is 5.56 Å². The quantitative estimate of drug-likeness (QED) is 0.690. The van der Waals surface area contributed by atoms with E-state index in [9.17, 15) is 14.5 Å². The molecule has 0 aliphatic rings. The molecule has 0 atom stereocenters. The molecule has 20 heavy (non-hydrogen) atoms. The average Bonchev–Trinajstić information content (AvgIpc) is 2.37. The van der Waals surface area contributed by atoms with Crippen LogP contribution in [0, 0.1) is 22.9 Å². The van der Waals surface area contributed by atoms with Crippen molar-refractivity contribution < 1.29 is 14.1 Å². The van der Waals surface area contributed by atoms with E-state index in [-0.39, 0.29) is 33.9 Å². The molecule has 9 heteroatoms. The van der Waals surface area contributed by atoms with Gasteiger partial charge in [0.15, 0.2) is 11.6 Å². The second-order valence-electron chi connectivity index (χ2n) is 3.81. The first-order valence-electron chi connectivity index (χ1n) is 5.29. The molecule has 104 valence electrons. The minimum atomic E-state index is -0.907. The van der Waals surface area contributed by atoms with Gasteiger partial charge in [-0.15, -0.1) is 0 Å². The predicted molar refractivity (Wildman–Crippen MR) is 69.3 cm³/mol. The van der Waals surface area contributed by atoms with Gasteiger partial charge < -0.3 is 10.5 Å². The largest absolute Gasteiger partial charge is 0.434 e. The number of anilines is 1. The number of benzene rings is 1. The molecule has 0 saturated carbocycles. The van der Waals surface area contributed by atoms with Crippen LogP contribution in [0.25, 0.3) is 0 Å². The van der Waals surface area contributed by atoms with E-state index in [1.165, 1.54) is 19.2 Å². The number of rotatable bonds is 3. The number of aryl methyl sites for hydroxylation is 1. The van der Waals surface area contributed by atoms with Crippen molar-refractivity contribution in [3.63, 3.8) is 0 Å². The highest BCUT2D eigenvalue weighted by atomic mass is 35.5. The topological polar surface area (TPSA) is 104 Å². The van der Waals surface area contributed by atoms with Crippen LogP contribution < -0.4 is 10.5 Å². The van der Waals surface area contributed by atoms with Gasteiger partial charge in [-0.25, -0.2) is 9.37 Å². The molecule has 0 amide bonds. The molecule has 0 radical (unpaired) electrons. The second kappa shape index (κ2) is 5.25. The Balaban J connectivity index is 2.42. The highest BCUT2D eigenvalue weighted by molar-refractivity contribution is 6.31. The first-order chi connectivity index (χ1) is 9.38. The number of nitro benzene ring substituents is 1. The van der Waals surface area contributed by atoms with Crippen molar-refractivity contribution in [2.75, 3.05) is 5.73 Å². The lowest BCUT2D eigenvalue weighted by atomic mass is 10.2. The monoisotopic (exact) mass is 298 g/mol. The lowest BCUT2D eigenvalue weighted by Crippen LogP contribution is -2.00. The summed E-state index contributed by atoms with van der Waals surface area (Å²) >= 11 is 5.78. The first kappa shape index (κ1) is 13.9. The van der Waals surface area contributed by atoms with E-state index in [4.69, 9.17) is 22.1 Å². The van der Waals surface area contributed by atoms with E-state index in [0.29, 0.717) is 0 Å². The van der Waals surface area contributed by atoms with E-state index >= 15 is 0 Å². The van der Waals surface area contributed by atoms with Gasteiger partial charge >= 0.3 is 0 Å². The third-order valence-electron chi connectivity index (χ3n) is 2.38. The molecular weight excluding hydrogens is 291 g/mol. The highest BCUT2D eigenvalue weighted by Gasteiger charge is 2.18. The number of hydrogen-bond acceptors (Lipinski definition) is 6. The van der Waals surface area contributed by atoms with Crippen LogP contribution in [0.15, 0.2) is 18.3 Å². The maximum absolute atomic E-state index is 13.8. The zero-order valence-corrected chi connectivity index (χ0v) is 10.9. The molecule has 0 bridgehead atoms. The first-order valence-corrected chi connectivity index (χ1v) is 5.66. The molecular formula is C11H8ClFN4O3. The zero-order valence-electron chi connectivity index (χ0n) is 10.1. The normalized spacial score (nSPS) is 10.3. The fraction of sp³-hybridized carbons (Fsp3) is 0.0909. The summed E-state index contributed by atoms with van der Waals surface area (Å²) in [6.45, 7) is 1.46. The lowest BCUT2D eigenvalue weighted by Gasteiger charge is -2.08. The summed E-state index contributed by atoms with van der Waals surface area (Å²) in [5.41, 5.74) is 5.27. The van der Waals surface area contributed by atoms with E-state index in [0.717, 1.165) is 6.07 Å². The van der Waals surface area contributed by atoms with E-state index in [1.54, 1.807) is 0 Å². The Morgan fingerprint density at radius 2 is 2.20 bits per heavy atom. The van der Waals surface area contributed by atoms with Crippen LogP contribution in [0.3, 0.4) is 0 Å². The number of nitrogen functional groups attached to an aromatic ring is 1. The molecule has 7 nitrogen and oxygen atoms in total. The molecule has 1 heterocycles. The van der Waals surface area contributed by atoms with Gasteiger partial charge in [-0.05, 0) is 13.0 Å². The van der Waals surface area contributed by atoms with E-state index < -0.39 is 10.7 Å². The zero-order chi connectivity index (χ0) is 14.9. The van der Waals surface area contributed by atoms with Crippen molar-refractivity contribution in [3.05, 3.63) is 44.8 Å². The standard InChI is InChI=1S/C11H8ClFN4O3/c1-5-2-9(7(13)3-8(5)17(18)19)20-10-6(12)4-15-11(14)16-10/h2-4H,1H3,(H2,14,15,16). The van der Waals surface area contributed by atoms with E-state index in [2.05, 4.69) is 9.97 Å². The summed E-state index contributed by atoms with van der Waals surface area (Å²) in [5.74, 6) is -1.38. The summed E-state index contributed by atoms with van der Waals surface area (Å²) in [5, 5.41) is 10.7. The minimum absolute atomic E-state index is 0.0367. The van der Waals surface area contributed by atoms with Gasteiger partial charge in [0.1, 0.15) is 5.02 Å². The second-order valence-corrected chi connectivity index (χ2v) is 4.22. The van der Waals surface area contributed by atoms with E-state index in [1.807, 2.05) is 0 Å². The van der Waals surface area contributed by atoms with Crippen molar-refractivity contribution in [3.8, 4) is 11.6 Å². The number of ether oxygens (including phenoxy) is 1. The van der Waals surface area contributed by atoms with Crippen LogP contribution in [0.4, 0.5) is 16.0 Å². The number of halogens is 2. The summed E-state index contributed by atoms with van der Waals surface area (Å²) < 4.78 is 18.9. The van der Waals surface area contributed by atoms with Crippen molar-refractivity contribution in [1.82, 2.24) is 9.97 Å². The Hall–Kier alpha value is -2.48. The van der Waals surface area contributed by atoms with Crippen LogP contribution in [-0.4, -0.2) is 14.9 Å². The molecule has 1 aromatic carbocycles. The Kier molecular flexibility index (Phi) is 3.66. The third kappa shape index (κ3) is 2.75. The van der Waals surface area contributed by atoms with Crippen LogP contribution in [0.2, 0.25) is 5.02 Å². The molecule has 0 unspecified atom stereocenters. The summed E-state index contributed by atoms with van der Waals surface area (Å²) in [6, 6.07) is 1.95. The number of nitrogens with zero attached hydrogens (tertiary/aromatic N) is 3. The van der Waals surface area contributed by atoms with Gasteiger partial charge in [-0.2, -0.15) is 4.98 Å². The summed E-state index contributed by atoms with van der Waals surface area (Å²) in [7, 11) is 0. The van der Waals surface area contributed by atoms with Gasteiger partial charge in [-0.3, -0.25) is 10.1 Å². The molecule has 2 rings (SSSR count). The summed E-state index contributed by atoms with van der Waals surface area (Å²) in [4.78, 5) is 17.3. The Labute approximate surface area is 117 Å². The fourth-order valence-corrected chi connectivity index (χ4v) is 1.59. The van der Waals surface area contributed by atoms with Gasteiger partial charge in [0.2, 0.25) is 11.8 Å². The molecule has 0 fully saturated rings. The van der Waals surface area contributed by atoms with Crippen LogP contribution in [0.1, 0.15) is 5.56 Å². The van der Waals surface area contributed by atoms with Crippen molar-refractivity contribution in [2.45, 2.75) is 6.92 Å². The van der Waals surface area contributed by atoms with Crippen molar-refractivity contribution in [1.29, 1.82) is 0 Å². The van der Waals surface area contributed by atoms with Crippen molar-refractivity contribution in [2.24, 2.45) is 0 Å². The van der Waals surface area contributed by atoms with Crippen LogP contribution in [0.5, 0.6) is 11.6 Å². The average molecular weight is 299 g/mol. The molecule has 2 aromatic rings. The number of hydrogen-bond donors (Lipinski definition) is 1. The Bertz CT molecular complexity index is 696. The highest BCUT2D eigenvalue weighted by Crippen LogP contribution is 2.32. The molecule has 0 spiro atoms. The van der Waals surface area contributed by atoms with Gasteiger partial charge in [-0.1, -0.05) is 11.6 Å². The number of aromatic nitrogens is 2. The molecule has 2 N–H and O–H groups in total. The maximum atomic E-state index is 13.8. The number of nitro groups is 1. The smallest absolute Gasteiger partial charge is 0.275 e. The van der Waals surface area contributed by atoms with Gasteiger partial charge in [0.05, 0.1) is 17.2 Å². The number of nitrogens with two attached hydrogens (primary N) is 1. The fourth-order valence-electron chi connectivity index (χ4n) is 1.46. The minimum Gasteiger partial charge on any atom is -0.434 e. The predicted octanol–water partition coefficient (Wildman–Crippen LogP) is 2.86. The Morgan fingerprint density at radius 3 is 2.85 bits per heavy atom. The molecule has 0 aliphatic heterocycles. The molecule has 1 aromatic heterocycles. The lowest BCUT2D eigenvalue weighted by molar-refractivity contribution is -0.385. The summed E-state index contributed by atoms with van der Waals surface area (Å²) in [6.07, 6.45) is 1.20.